The van der Waals surface area contributed by atoms with E-state index in [0.717, 1.165) is 24.2 Å². The number of benzene rings is 1. The van der Waals surface area contributed by atoms with Gasteiger partial charge in [-0.3, -0.25) is 4.98 Å². The van der Waals surface area contributed by atoms with E-state index in [4.69, 9.17) is 0 Å². The summed E-state index contributed by atoms with van der Waals surface area (Å²) >= 11 is 0. The minimum Gasteiger partial charge on any atom is -0.388 e. The summed E-state index contributed by atoms with van der Waals surface area (Å²) in [5, 5.41) is 9.77. The number of aromatic nitrogens is 1. The van der Waals surface area contributed by atoms with E-state index in [-0.39, 0.29) is 6.10 Å². The molecular formula is C16H20N2O. The fourth-order valence-corrected chi connectivity index (χ4v) is 2.04. The second-order valence-electron chi connectivity index (χ2n) is 4.73. The van der Waals surface area contributed by atoms with Crippen LogP contribution in [0.3, 0.4) is 0 Å². The van der Waals surface area contributed by atoms with Gasteiger partial charge in [0, 0.05) is 31.7 Å². The lowest BCUT2D eigenvalue weighted by Crippen LogP contribution is -2.16. The highest BCUT2D eigenvalue weighted by Crippen LogP contribution is 2.21. The lowest BCUT2D eigenvalue weighted by Gasteiger charge is -2.20. The highest BCUT2D eigenvalue weighted by atomic mass is 16.3. The summed E-state index contributed by atoms with van der Waals surface area (Å²) in [4.78, 5) is 6.20. The molecule has 0 aliphatic carbocycles. The molecule has 2 rings (SSSR count). The number of hydrogen-bond acceptors (Lipinski definition) is 3. The van der Waals surface area contributed by atoms with E-state index >= 15 is 0 Å². The van der Waals surface area contributed by atoms with Gasteiger partial charge in [0.05, 0.1) is 6.10 Å². The molecular weight excluding hydrogens is 236 g/mol. The topological polar surface area (TPSA) is 36.4 Å². The predicted molar refractivity (Wildman–Crippen MR) is 78.0 cm³/mol. The van der Waals surface area contributed by atoms with Crippen molar-refractivity contribution in [1.82, 2.24) is 4.98 Å². The maximum atomic E-state index is 9.77. The third-order valence-electron chi connectivity index (χ3n) is 3.27. The Bertz CT molecular complexity index is 496. The zero-order valence-electron chi connectivity index (χ0n) is 11.5. The molecule has 0 bridgehead atoms. The van der Waals surface area contributed by atoms with Crippen molar-refractivity contribution in [3.8, 4) is 0 Å². The first-order valence-corrected chi connectivity index (χ1v) is 6.58. The standard InChI is InChI=1S/C16H20N2O/c1-3-16(19)14-4-6-15(7-5-14)18(2)12-13-8-10-17-11-9-13/h4-11,16,19H,3,12H2,1-2H3. The largest absolute Gasteiger partial charge is 0.388 e. The van der Waals surface area contributed by atoms with Crippen LogP contribution in [0.4, 0.5) is 5.69 Å². The van der Waals surface area contributed by atoms with Gasteiger partial charge in [-0.1, -0.05) is 19.1 Å². The second-order valence-corrected chi connectivity index (χ2v) is 4.73. The van der Waals surface area contributed by atoms with E-state index in [1.54, 1.807) is 0 Å². The van der Waals surface area contributed by atoms with Gasteiger partial charge in [0.15, 0.2) is 0 Å². The molecule has 0 aliphatic rings. The third kappa shape index (κ3) is 3.55. The monoisotopic (exact) mass is 256 g/mol. The first-order valence-electron chi connectivity index (χ1n) is 6.58. The molecule has 0 amide bonds. The quantitative estimate of drug-likeness (QED) is 0.892. The number of aliphatic hydroxyl groups excluding tert-OH is 1. The third-order valence-corrected chi connectivity index (χ3v) is 3.27. The fourth-order valence-electron chi connectivity index (χ4n) is 2.04. The van der Waals surface area contributed by atoms with Gasteiger partial charge in [-0.05, 0) is 41.8 Å². The molecule has 0 radical (unpaired) electrons. The van der Waals surface area contributed by atoms with Gasteiger partial charge in [-0.2, -0.15) is 0 Å². The zero-order valence-corrected chi connectivity index (χ0v) is 11.5. The van der Waals surface area contributed by atoms with Crippen LogP contribution in [0.2, 0.25) is 0 Å². The highest BCUT2D eigenvalue weighted by Gasteiger charge is 2.06. The molecule has 3 heteroatoms. The molecule has 0 fully saturated rings. The molecule has 0 aliphatic heterocycles. The molecule has 1 aromatic heterocycles. The Labute approximate surface area is 114 Å². The maximum Gasteiger partial charge on any atom is 0.0787 e. The van der Waals surface area contributed by atoms with E-state index in [9.17, 15) is 5.11 Å². The van der Waals surface area contributed by atoms with E-state index in [0.29, 0.717) is 0 Å². The smallest absolute Gasteiger partial charge is 0.0787 e. The van der Waals surface area contributed by atoms with Gasteiger partial charge in [0.25, 0.3) is 0 Å². The van der Waals surface area contributed by atoms with Crippen molar-refractivity contribution in [3.63, 3.8) is 0 Å². The zero-order chi connectivity index (χ0) is 13.7. The summed E-state index contributed by atoms with van der Waals surface area (Å²) in [6.45, 7) is 2.83. The molecule has 100 valence electrons. The van der Waals surface area contributed by atoms with Crippen molar-refractivity contribution >= 4 is 5.69 Å². The Morgan fingerprint density at radius 1 is 1.11 bits per heavy atom. The number of rotatable bonds is 5. The van der Waals surface area contributed by atoms with E-state index in [1.807, 2.05) is 43.6 Å². The van der Waals surface area contributed by atoms with Gasteiger partial charge in [0.2, 0.25) is 0 Å². The first kappa shape index (κ1) is 13.6. The van der Waals surface area contributed by atoms with Gasteiger partial charge in [-0.25, -0.2) is 0 Å². The SMILES string of the molecule is CCC(O)c1ccc(N(C)Cc2ccncc2)cc1. The molecule has 1 N–H and O–H groups in total. The van der Waals surface area contributed by atoms with Crippen molar-refractivity contribution in [2.75, 3.05) is 11.9 Å². The highest BCUT2D eigenvalue weighted by molar-refractivity contribution is 5.47. The van der Waals surface area contributed by atoms with Crippen molar-refractivity contribution in [1.29, 1.82) is 0 Å². The molecule has 1 atom stereocenters. The van der Waals surface area contributed by atoms with Crippen molar-refractivity contribution in [2.45, 2.75) is 26.0 Å². The lowest BCUT2D eigenvalue weighted by molar-refractivity contribution is 0.173. The molecule has 2 aromatic rings. The van der Waals surface area contributed by atoms with Gasteiger partial charge in [-0.15, -0.1) is 0 Å². The Kier molecular flexibility index (Phi) is 4.53. The molecule has 1 unspecified atom stereocenters. The van der Waals surface area contributed by atoms with E-state index < -0.39 is 0 Å². The molecule has 0 saturated heterocycles. The summed E-state index contributed by atoms with van der Waals surface area (Å²) in [7, 11) is 2.06. The predicted octanol–water partition coefficient (Wildman–Crippen LogP) is 3.16. The average molecular weight is 256 g/mol. The molecule has 1 heterocycles. The Morgan fingerprint density at radius 2 is 1.74 bits per heavy atom. The fraction of sp³-hybridized carbons (Fsp3) is 0.312. The number of aliphatic hydroxyl groups is 1. The molecule has 1 aromatic carbocycles. The van der Waals surface area contributed by atoms with Crippen LogP contribution in [0, 0.1) is 0 Å². The van der Waals surface area contributed by atoms with Crippen LogP contribution in [0.1, 0.15) is 30.6 Å². The minimum absolute atomic E-state index is 0.362. The van der Waals surface area contributed by atoms with Gasteiger partial charge in [0.1, 0.15) is 0 Å². The number of pyridine rings is 1. The van der Waals surface area contributed by atoms with E-state index in [1.165, 1.54) is 5.56 Å². The van der Waals surface area contributed by atoms with Gasteiger partial charge >= 0.3 is 0 Å². The molecule has 3 nitrogen and oxygen atoms in total. The van der Waals surface area contributed by atoms with Crippen LogP contribution in [0.5, 0.6) is 0 Å². The van der Waals surface area contributed by atoms with Crippen LogP contribution in [0.25, 0.3) is 0 Å². The Morgan fingerprint density at radius 3 is 2.32 bits per heavy atom. The summed E-state index contributed by atoms with van der Waals surface area (Å²) in [5.41, 5.74) is 3.35. The molecule has 19 heavy (non-hydrogen) atoms. The van der Waals surface area contributed by atoms with Crippen LogP contribution < -0.4 is 4.90 Å². The Hall–Kier alpha value is -1.87. The summed E-state index contributed by atoms with van der Waals surface area (Å²) in [6.07, 6.45) is 4.00. The van der Waals surface area contributed by atoms with Crippen molar-refractivity contribution in [3.05, 3.63) is 59.9 Å². The van der Waals surface area contributed by atoms with Crippen LogP contribution in [-0.2, 0) is 6.54 Å². The summed E-state index contributed by atoms with van der Waals surface area (Å²) < 4.78 is 0. The summed E-state index contributed by atoms with van der Waals surface area (Å²) in [6, 6.07) is 12.1. The van der Waals surface area contributed by atoms with Crippen molar-refractivity contribution < 1.29 is 5.11 Å². The summed E-state index contributed by atoms with van der Waals surface area (Å²) in [5.74, 6) is 0. The number of hydrogen-bond donors (Lipinski definition) is 1. The van der Waals surface area contributed by atoms with Crippen LogP contribution in [-0.4, -0.2) is 17.1 Å². The van der Waals surface area contributed by atoms with Crippen LogP contribution >= 0.6 is 0 Å². The lowest BCUT2D eigenvalue weighted by atomic mass is 10.1. The van der Waals surface area contributed by atoms with Crippen molar-refractivity contribution in [2.24, 2.45) is 0 Å². The number of nitrogens with zero attached hydrogens (tertiary/aromatic N) is 2. The van der Waals surface area contributed by atoms with Crippen LogP contribution in [0.15, 0.2) is 48.8 Å². The normalized spacial score (nSPS) is 12.2. The first-order chi connectivity index (χ1) is 9.20. The second kappa shape index (κ2) is 6.34. The van der Waals surface area contributed by atoms with Gasteiger partial charge < -0.3 is 10.0 Å². The molecule has 0 saturated carbocycles. The average Bonchev–Trinajstić information content (AvgIpc) is 2.47. The maximum absolute atomic E-state index is 9.77. The molecule has 0 spiro atoms. The van der Waals surface area contributed by atoms with E-state index in [2.05, 4.69) is 29.1 Å². The number of anilines is 1. The Balaban J connectivity index is 2.05. The minimum atomic E-state index is -0.362.